The van der Waals surface area contributed by atoms with Crippen LogP contribution in [0.4, 0.5) is 13.2 Å². The summed E-state index contributed by atoms with van der Waals surface area (Å²) >= 11 is 0. The number of sulfone groups is 1. The van der Waals surface area contributed by atoms with E-state index in [1.807, 2.05) is 0 Å². The van der Waals surface area contributed by atoms with Gasteiger partial charge in [0.1, 0.15) is 0 Å². The third kappa shape index (κ3) is 2.86. The maximum atomic E-state index is 12.6. The molecule has 0 unspecified atom stereocenters. The van der Waals surface area contributed by atoms with Crippen molar-refractivity contribution in [2.24, 2.45) is 0 Å². The summed E-state index contributed by atoms with van der Waals surface area (Å²) in [6.07, 6.45) is -4.27. The van der Waals surface area contributed by atoms with Crippen LogP contribution in [0, 0.1) is 0 Å². The van der Waals surface area contributed by atoms with Crippen molar-refractivity contribution in [2.45, 2.75) is 18.0 Å². The van der Waals surface area contributed by atoms with Gasteiger partial charge in [-0.1, -0.05) is 6.92 Å². The van der Waals surface area contributed by atoms with Gasteiger partial charge in [0.2, 0.25) is 0 Å². The molecule has 2 aromatic rings. The Hall–Kier alpha value is -2.23. The smallest absolute Gasteiger partial charge is 0.434 e. The molecule has 10 heteroatoms. The molecule has 0 saturated carbocycles. The van der Waals surface area contributed by atoms with Gasteiger partial charge in [0, 0.05) is 0 Å². The van der Waals surface area contributed by atoms with Crippen LogP contribution in [0.5, 0.6) is 0 Å². The average molecular weight is 334 g/mol. The van der Waals surface area contributed by atoms with Crippen LogP contribution in [0.3, 0.4) is 0 Å². The first-order valence-corrected chi connectivity index (χ1v) is 7.55. The van der Waals surface area contributed by atoms with Crippen molar-refractivity contribution >= 4 is 26.8 Å². The summed E-state index contributed by atoms with van der Waals surface area (Å²) in [5.74, 6) is -1.93. The predicted octanol–water partition coefficient (Wildman–Crippen LogP) is 2.14. The highest BCUT2D eigenvalue weighted by Gasteiger charge is 2.33. The van der Waals surface area contributed by atoms with Gasteiger partial charge in [-0.15, -0.1) is 0 Å². The lowest BCUT2D eigenvalue weighted by molar-refractivity contribution is -0.141. The molecule has 0 spiro atoms. The van der Waals surface area contributed by atoms with Crippen molar-refractivity contribution < 1.29 is 31.5 Å². The minimum atomic E-state index is -4.74. The molecule has 0 atom stereocenters. The van der Waals surface area contributed by atoms with Gasteiger partial charge in [-0.25, -0.2) is 18.2 Å². The maximum absolute atomic E-state index is 12.6. The lowest BCUT2D eigenvalue weighted by atomic mass is 10.2. The number of halogens is 3. The zero-order valence-electron chi connectivity index (χ0n) is 11.0. The highest BCUT2D eigenvalue weighted by atomic mass is 32.2. The Morgan fingerprint density at radius 3 is 2.41 bits per heavy atom. The Morgan fingerprint density at radius 1 is 1.27 bits per heavy atom. The fourth-order valence-electron chi connectivity index (χ4n) is 1.76. The van der Waals surface area contributed by atoms with E-state index in [-0.39, 0.29) is 16.8 Å². The van der Waals surface area contributed by atoms with Crippen molar-refractivity contribution in [3.8, 4) is 0 Å². The van der Waals surface area contributed by atoms with E-state index in [9.17, 15) is 26.4 Å². The van der Waals surface area contributed by atoms with Crippen LogP contribution in [-0.2, 0) is 16.0 Å². The van der Waals surface area contributed by atoms with Crippen LogP contribution in [0.2, 0.25) is 0 Å². The van der Waals surface area contributed by atoms with Gasteiger partial charge in [-0.05, 0) is 12.1 Å². The highest BCUT2D eigenvalue weighted by Crippen LogP contribution is 2.29. The van der Waals surface area contributed by atoms with Gasteiger partial charge in [0.15, 0.2) is 15.5 Å². The predicted molar refractivity (Wildman–Crippen MR) is 69.2 cm³/mol. The van der Waals surface area contributed by atoms with E-state index in [1.165, 1.54) is 6.92 Å². The number of hydrogen-bond donors (Lipinski definition) is 1. The Balaban J connectivity index is 2.81. The van der Waals surface area contributed by atoms with Crippen LogP contribution in [0.25, 0.3) is 11.0 Å². The fraction of sp³-hybridized carbons (Fsp3) is 0.250. The lowest BCUT2D eigenvalue weighted by Gasteiger charge is -2.09. The molecule has 1 heterocycles. The molecular weight excluding hydrogens is 325 g/mol. The second kappa shape index (κ2) is 5.20. The van der Waals surface area contributed by atoms with Crippen molar-refractivity contribution in [1.29, 1.82) is 0 Å². The van der Waals surface area contributed by atoms with Gasteiger partial charge >= 0.3 is 12.1 Å². The van der Waals surface area contributed by atoms with Gasteiger partial charge < -0.3 is 5.11 Å². The van der Waals surface area contributed by atoms with Crippen molar-refractivity contribution in [2.75, 3.05) is 5.75 Å². The Morgan fingerprint density at radius 2 is 1.91 bits per heavy atom. The molecule has 0 radical (unpaired) electrons. The molecule has 0 aliphatic carbocycles. The van der Waals surface area contributed by atoms with E-state index in [4.69, 9.17) is 5.11 Å². The Labute approximate surface area is 122 Å². The van der Waals surface area contributed by atoms with E-state index >= 15 is 0 Å². The first kappa shape index (κ1) is 16.1. The van der Waals surface area contributed by atoms with Crippen LogP contribution in [-0.4, -0.2) is 35.2 Å². The molecule has 6 nitrogen and oxygen atoms in total. The summed E-state index contributed by atoms with van der Waals surface area (Å²) < 4.78 is 61.6. The summed E-state index contributed by atoms with van der Waals surface area (Å²) in [7, 11) is -3.87. The van der Waals surface area contributed by atoms with E-state index < -0.39 is 38.1 Å². The second-order valence-corrected chi connectivity index (χ2v) is 6.55. The third-order valence-corrected chi connectivity index (χ3v) is 4.65. The molecule has 0 fully saturated rings. The molecule has 1 N–H and O–H groups in total. The number of aromatic carboxylic acids is 1. The maximum Gasteiger partial charge on any atom is 0.434 e. The molecule has 2 rings (SSSR count). The second-order valence-electron chi connectivity index (χ2n) is 4.30. The third-order valence-electron chi connectivity index (χ3n) is 2.88. The summed E-state index contributed by atoms with van der Waals surface area (Å²) in [5, 5.41) is 9.08. The molecule has 0 saturated heterocycles. The summed E-state index contributed by atoms with van der Waals surface area (Å²) in [6, 6.07) is 1.70. The van der Waals surface area contributed by atoms with E-state index in [1.54, 1.807) is 0 Å². The monoisotopic (exact) mass is 334 g/mol. The number of fused-ring (bicyclic) bond motifs is 1. The first-order chi connectivity index (χ1) is 10.1. The molecule has 0 amide bonds. The van der Waals surface area contributed by atoms with E-state index in [0.29, 0.717) is 6.20 Å². The largest absolute Gasteiger partial charge is 0.478 e. The molecular formula is C12H9F3N2O4S. The van der Waals surface area contributed by atoms with Crippen molar-refractivity contribution in [3.05, 3.63) is 29.6 Å². The normalized spacial score (nSPS) is 12.5. The van der Waals surface area contributed by atoms with Gasteiger partial charge in [-0.3, -0.25) is 4.98 Å². The number of benzene rings is 1. The van der Waals surface area contributed by atoms with Crippen LogP contribution in [0.1, 0.15) is 23.0 Å². The van der Waals surface area contributed by atoms with Gasteiger partial charge in [0.25, 0.3) is 0 Å². The highest BCUT2D eigenvalue weighted by molar-refractivity contribution is 7.91. The molecule has 0 bridgehead atoms. The Bertz CT molecular complexity index is 863. The van der Waals surface area contributed by atoms with Gasteiger partial charge in [-0.2, -0.15) is 13.2 Å². The minimum absolute atomic E-state index is 0.134. The molecule has 1 aromatic heterocycles. The van der Waals surface area contributed by atoms with Crippen molar-refractivity contribution in [3.63, 3.8) is 0 Å². The number of hydrogen-bond acceptors (Lipinski definition) is 5. The van der Waals surface area contributed by atoms with E-state index in [2.05, 4.69) is 9.97 Å². The zero-order valence-corrected chi connectivity index (χ0v) is 11.9. The molecule has 118 valence electrons. The molecule has 1 aromatic carbocycles. The number of rotatable bonds is 3. The van der Waals surface area contributed by atoms with Crippen molar-refractivity contribution in [1.82, 2.24) is 9.97 Å². The summed E-state index contributed by atoms with van der Waals surface area (Å²) in [6.45, 7) is 1.32. The standard InChI is InChI=1S/C12H9F3N2O4S/c1-2-22(20,21)9-4-7-8(3-6(9)11(18)19)17-10(5-16-7)12(13,14)15/h3-5H,2H2,1H3,(H,18,19). The number of alkyl halides is 3. The first-order valence-electron chi connectivity index (χ1n) is 5.90. The number of nitrogens with zero attached hydrogens (tertiary/aromatic N) is 2. The lowest BCUT2D eigenvalue weighted by Crippen LogP contribution is -2.13. The number of carboxylic acid groups (broad SMARTS) is 1. The summed E-state index contributed by atoms with van der Waals surface area (Å²) in [5.41, 5.74) is -2.40. The SMILES string of the molecule is CCS(=O)(=O)c1cc2ncc(C(F)(F)F)nc2cc1C(=O)O. The number of carbonyl (C=O) groups is 1. The molecule has 22 heavy (non-hydrogen) atoms. The Kier molecular flexibility index (Phi) is 3.81. The van der Waals surface area contributed by atoms with Crippen LogP contribution >= 0.6 is 0 Å². The number of carboxylic acids is 1. The number of aromatic nitrogens is 2. The summed E-state index contributed by atoms with van der Waals surface area (Å²) in [4.78, 5) is 17.5. The van der Waals surface area contributed by atoms with E-state index in [0.717, 1.165) is 12.1 Å². The molecule has 0 aliphatic heterocycles. The quantitative estimate of drug-likeness (QED) is 0.923. The minimum Gasteiger partial charge on any atom is -0.478 e. The average Bonchev–Trinajstić information content (AvgIpc) is 2.44. The van der Waals surface area contributed by atoms with Gasteiger partial charge in [0.05, 0.1) is 33.4 Å². The van der Waals surface area contributed by atoms with Crippen LogP contribution in [0.15, 0.2) is 23.2 Å². The van der Waals surface area contributed by atoms with Crippen LogP contribution < -0.4 is 0 Å². The fourth-order valence-corrected chi connectivity index (χ4v) is 2.84. The molecule has 0 aliphatic rings. The zero-order chi connectivity index (χ0) is 16.7. The topological polar surface area (TPSA) is 97.2 Å².